The number of pyridine rings is 1. The molecular weight excluding hydrogens is 386 g/mol. The van der Waals surface area contributed by atoms with Crippen LogP contribution >= 0.6 is 0 Å². The lowest BCUT2D eigenvalue weighted by Crippen LogP contribution is -2.18. The molecule has 0 radical (unpaired) electrons. The number of amides is 2. The lowest BCUT2D eigenvalue weighted by Gasteiger charge is -2.04. The highest BCUT2D eigenvalue weighted by Gasteiger charge is 2.20. The molecule has 3 heterocycles. The van der Waals surface area contributed by atoms with Gasteiger partial charge < -0.3 is 20.8 Å². The van der Waals surface area contributed by atoms with E-state index in [4.69, 9.17) is 10.2 Å². The average molecular weight is 411 g/mol. The minimum Gasteiger partial charge on any atom is -0.444 e. The molecule has 3 aromatic rings. The minimum absolute atomic E-state index is 0.00603. The van der Waals surface area contributed by atoms with E-state index in [9.17, 15) is 9.59 Å². The second kappa shape index (κ2) is 9.21. The Labute approximate surface area is 173 Å². The van der Waals surface area contributed by atoms with Crippen molar-refractivity contribution in [1.82, 2.24) is 19.7 Å². The highest BCUT2D eigenvalue weighted by molar-refractivity contribution is 6.07. The third-order valence-electron chi connectivity index (χ3n) is 4.10. The van der Waals surface area contributed by atoms with Gasteiger partial charge in [-0.05, 0) is 24.5 Å². The van der Waals surface area contributed by atoms with Crippen LogP contribution in [0.2, 0.25) is 0 Å². The number of anilines is 2. The van der Waals surface area contributed by atoms with Gasteiger partial charge in [-0.15, -0.1) is 0 Å². The molecule has 30 heavy (non-hydrogen) atoms. The van der Waals surface area contributed by atoms with E-state index in [0.717, 1.165) is 13.0 Å². The van der Waals surface area contributed by atoms with Crippen molar-refractivity contribution in [3.8, 4) is 11.5 Å². The Kier molecular flexibility index (Phi) is 6.45. The van der Waals surface area contributed by atoms with Crippen LogP contribution < -0.4 is 16.4 Å². The Morgan fingerprint density at radius 3 is 2.83 bits per heavy atom. The van der Waals surface area contributed by atoms with Gasteiger partial charge in [0, 0.05) is 31.0 Å². The van der Waals surface area contributed by atoms with Gasteiger partial charge in [-0.1, -0.05) is 20.8 Å². The lowest BCUT2D eigenvalue weighted by molar-refractivity contribution is 0.0995. The molecule has 0 atom stereocenters. The van der Waals surface area contributed by atoms with Crippen molar-refractivity contribution in [3.63, 3.8) is 0 Å². The SMILES string of the molecule is CCCNc1cc(-c2nc(C(=O)Nc3cn(CC(C)C)nc3C(N)=O)co2)ccn1. The first-order valence-electron chi connectivity index (χ1n) is 9.71. The molecule has 4 N–H and O–H groups in total. The zero-order valence-corrected chi connectivity index (χ0v) is 17.2. The van der Waals surface area contributed by atoms with Crippen molar-refractivity contribution in [2.75, 3.05) is 17.2 Å². The summed E-state index contributed by atoms with van der Waals surface area (Å²) in [7, 11) is 0. The Bertz CT molecular complexity index is 1040. The van der Waals surface area contributed by atoms with E-state index >= 15 is 0 Å². The Hall–Kier alpha value is -3.69. The van der Waals surface area contributed by atoms with Gasteiger partial charge in [-0.25, -0.2) is 9.97 Å². The van der Waals surface area contributed by atoms with Gasteiger partial charge >= 0.3 is 0 Å². The number of hydrogen-bond donors (Lipinski definition) is 3. The highest BCUT2D eigenvalue weighted by Crippen LogP contribution is 2.22. The third kappa shape index (κ3) is 5.02. The second-order valence-corrected chi connectivity index (χ2v) is 7.22. The fourth-order valence-electron chi connectivity index (χ4n) is 2.77. The molecule has 0 saturated heterocycles. The number of nitrogens with zero attached hydrogens (tertiary/aromatic N) is 4. The predicted molar refractivity (Wildman–Crippen MR) is 112 cm³/mol. The van der Waals surface area contributed by atoms with Crippen molar-refractivity contribution < 1.29 is 14.0 Å². The number of rotatable bonds is 9. The first kappa shape index (κ1) is 21.0. The summed E-state index contributed by atoms with van der Waals surface area (Å²) in [6.45, 7) is 7.47. The van der Waals surface area contributed by atoms with Crippen LogP contribution in [0.1, 0.15) is 48.2 Å². The van der Waals surface area contributed by atoms with E-state index in [2.05, 4.69) is 32.6 Å². The van der Waals surface area contributed by atoms with E-state index in [1.54, 1.807) is 29.2 Å². The van der Waals surface area contributed by atoms with Crippen LogP contribution in [0.15, 0.2) is 35.2 Å². The fourth-order valence-corrected chi connectivity index (χ4v) is 2.77. The fraction of sp³-hybridized carbons (Fsp3) is 0.350. The maximum absolute atomic E-state index is 12.6. The van der Waals surface area contributed by atoms with Crippen LogP contribution in [0.25, 0.3) is 11.5 Å². The van der Waals surface area contributed by atoms with Gasteiger partial charge in [0.15, 0.2) is 11.4 Å². The van der Waals surface area contributed by atoms with E-state index < -0.39 is 11.8 Å². The topological polar surface area (TPSA) is 141 Å². The van der Waals surface area contributed by atoms with E-state index in [1.807, 2.05) is 13.8 Å². The van der Waals surface area contributed by atoms with Gasteiger partial charge in [-0.2, -0.15) is 5.10 Å². The molecule has 0 aliphatic rings. The molecule has 0 aliphatic carbocycles. The van der Waals surface area contributed by atoms with Crippen LogP contribution in [0.4, 0.5) is 11.5 Å². The number of oxazole rings is 1. The van der Waals surface area contributed by atoms with Gasteiger partial charge in [0.05, 0.1) is 5.69 Å². The summed E-state index contributed by atoms with van der Waals surface area (Å²) >= 11 is 0. The molecule has 0 unspecified atom stereocenters. The van der Waals surface area contributed by atoms with Crippen LogP contribution in [-0.2, 0) is 6.54 Å². The molecule has 10 nitrogen and oxygen atoms in total. The minimum atomic E-state index is -0.724. The molecule has 0 spiro atoms. The summed E-state index contributed by atoms with van der Waals surface area (Å²) in [5, 5.41) is 9.98. The van der Waals surface area contributed by atoms with E-state index in [-0.39, 0.29) is 23.0 Å². The molecular formula is C20H25N7O3. The first-order valence-corrected chi connectivity index (χ1v) is 9.71. The van der Waals surface area contributed by atoms with E-state index in [0.29, 0.717) is 23.8 Å². The average Bonchev–Trinajstić information content (AvgIpc) is 3.33. The number of hydrogen-bond acceptors (Lipinski definition) is 7. The van der Waals surface area contributed by atoms with Gasteiger partial charge in [0.1, 0.15) is 12.1 Å². The normalized spacial score (nSPS) is 10.9. The third-order valence-corrected chi connectivity index (χ3v) is 4.10. The van der Waals surface area contributed by atoms with Crippen LogP contribution in [0.3, 0.4) is 0 Å². The van der Waals surface area contributed by atoms with Crippen molar-refractivity contribution >= 4 is 23.3 Å². The molecule has 0 saturated carbocycles. The molecule has 0 fully saturated rings. The number of nitrogens with one attached hydrogen (secondary N) is 2. The second-order valence-electron chi connectivity index (χ2n) is 7.22. The number of carbonyl (C=O) groups excluding carboxylic acids is 2. The summed E-state index contributed by atoms with van der Waals surface area (Å²) in [4.78, 5) is 32.8. The summed E-state index contributed by atoms with van der Waals surface area (Å²) < 4.78 is 7.04. The summed E-state index contributed by atoms with van der Waals surface area (Å²) in [6.07, 6.45) is 5.44. The zero-order valence-electron chi connectivity index (χ0n) is 17.2. The van der Waals surface area contributed by atoms with Crippen LogP contribution in [0, 0.1) is 5.92 Å². The Morgan fingerprint density at radius 1 is 1.33 bits per heavy atom. The largest absolute Gasteiger partial charge is 0.444 e. The smallest absolute Gasteiger partial charge is 0.277 e. The van der Waals surface area contributed by atoms with Crippen molar-refractivity contribution in [3.05, 3.63) is 42.2 Å². The zero-order chi connectivity index (χ0) is 21.7. The predicted octanol–water partition coefficient (Wildman–Crippen LogP) is 2.76. The number of carbonyl (C=O) groups is 2. The first-order chi connectivity index (χ1) is 14.4. The number of nitrogens with two attached hydrogens (primary N) is 1. The van der Waals surface area contributed by atoms with Crippen molar-refractivity contribution in [2.24, 2.45) is 11.7 Å². The van der Waals surface area contributed by atoms with E-state index in [1.165, 1.54) is 6.26 Å². The standard InChI is InChI=1S/C20H25N7O3/c1-4-6-22-16-8-13(5-7-23-16)20-25-15(11-30-20)19(29)24-14-10-27(9-12(2)3)26-17(14)18(21)28/h5,7-8,10-12H,4,6,9H2,1-3H3,(H2,21,28)(H,22,23)(H,24,29). The number of aromatic nitrogens is 4. The molecule has 3 rings (SSSR count). The monoisotopic (exact) mass is 411 g/mol. The Morgan fingerprint density at radius 2 is 2.13 bits per heavy atom. The number of primary amides is 1. The molecule has 2 amide bonds. The lowest BCUT2D eigenvalue weighted by atomic mass is 10.2. The highest BCUT2D eigenvalue weighted by atomic mass is 16.3. The molecule has 0 bridgehead atoms. The van der Waals surface area contributed by atoms with Crippen molar-refractivity contribution in [2.45, 2.75) is 33.7 Å². The maximum atomic E-state index is 12.6. The summed E-state index contributed by atoms with van der Waals surface area (Å²) in [6, 6.07) is 3.54. The van der Waals surface area contributed by atoms with Gasteiger partial charge in [0.2, 0.25) is 5.89 Å². The van der Waals surface area contributed by atoms with Gasteiger partial charge in [0.25, 0.3) is 11.8 Å². The summed E-state index contributed by atoms with van der Waals surface area (Å²) in [5.41, 5.74) is 6.37. The quantitative estimate of drug-likeness (QED) is 0.491. The molecule has 10 heteroatoms. The van der Waals surface area contributed by atoms with Crippen molar-refractivity contribution in [1.29, 1.82) is 0 Å². The molecule has 158 valence electrons. The van der Waals surface area contributed by atoms with Crippen LogP contribution in [0.5, 0.6) is 0 Å². The summed E-state index contributed by atoms with van der Waals surface area (Å²) in [5.74, 6) is 0.0341. The van der Waals surface area contributed by atoms with Gasteiger partial charge in [-0.3, -0.25) is 14.3 Å². The Balaban J connectivity index is 1.77. The maximum Gasteiger partial charge on any atom is 0.277 e. The molecule has 0 aromatic carbocycles. The molecule has 3 aromatic heterocycles. The van der Waals surface area contributed by atoms with Crippen LogP contribution in [-0.4, -0.2) is 38.1 Å². The molecule has 0 aliphatic heterocycles.